The number of esters is 1. The third-order valence-corrected chi connectivity index (χ3v) is 4.32. The predicted molar refractivity (Wildman–Crippen MR) is 90.1 cm³/mol. The quantitative estimate of drug-likeness (QED) is 0.832. The van der Waals surface area contributed by atoms with E-state index in [4.69, 9.17) is 9.47 Å². The van der Waals surface area contributed by atoms with Gasteiger partial charge in [0, 0.05) is 24.0 Å². The first-order valence-corrected chi connectivity index (χ1v) is 7.93. The molecule has 1 aromatic heterocycles. The highest BCUT2D eigenvalue weighted by Crippen LogP contribution is 2.28. The Morgan fingerprint density at radius 2 is 2.00 bits per heavy atom. The van der Waals surface area contributed by atoms with Crippen LogP contribution in [0.25, 0.3) is 10.9 Å². The average Bonchev–Trinajstić information content (AvgIpc) is 2.99. The van der Waals surface area contributed by atoms with Crippen molar-refractivity contribution in [3.8, 4) is 0 Å². The number of H-pyrrole nitrogens is 1. The van der Waals surface area contributed by atoms with Gasteiger partial charge in [-0.2, -0.15) is 0 Å². The monoisotopic (exact) mass is 331 g/mol. The van der Waals surface area contributed by atoms with Gasteiger partial charge in [0.15, 0.2) is 0 Å². The van der Waals surface area contributed by atoms with Crippen LogP contribution in [0.2, 0.25) is 0 Å². The van der Waals surface area contributed by atoms with Gasteiger partial charge in [-0.3, -0.25) is 9.69 Å². The van der Waals surface area contributed by atoms with E-state index in [0.29, 0.717) is 32.0 Å². The van der Waals surface area contributed by atoms with Crippen LogP contribution in [0, 0.1) is 0 Å². The number of morpholine rings is 1. The van der Waals surface area contributed by atoms with Crippen LogP contribution in [0.4, 0.5) is 5.69 Å². The molecule has 1 aromatic carbocycles. The minimum absolute atomic E-state index is 0.160. The van der Waals surface area contributed by atoms with Crippen molar-refractivity contribution in [1.29, 1.82) is 0 Å². The molecule has 3 rings (SSSR count). The number of rotatable bonds is 4. The highest BCUT2D eigenvalue weighted by molar-refractivity contribution is 6.11. The largest absolute Gasteiger partial charge is 0.464 e. The van der Waals surface area contributed by atoms with Gasteiger partial charge < -0.3 is 19.8 Å². The Hall–Kier alpha value is -2.38. The lowest BCUT2D eigenvalue weighted by Crippen LogP contribution is -2.47. The number of nitrogens with one attached hydrogen (secondary N) is 2. The summed E-state index contributed by atoms with van der Waals surface area (Å²) in [5.74, 6) is -0.674. The van der Waals surface area contributed by atoms with Crippen molar-refractivity contribution in [2.45, 2.75) is 13.0 Å². The Labute approximate surface area is 139 Å². The van der Waals surface area contributed by atoms with Crippen molar-refractivity contribution in [1.82, 2.24) is 9.88 Å². The number of hydrogen-bond donors (Lipinski definition) is 2. The molecule has 1 aliphatic heterocycles. The van der Waals surface area contributed by atoms with Gasteiger partial charge in [0.1, 0.15) is 5.69 Å². The van der Waals surface area contributed by atoms with Crippen molar-refractivity contribution in [2.75, 3.05) is 38.7 Å². The smallest absolute Gasteiger partial charge is 0.356 e. The number of carbonyl (C=O) groups is 2. The minimum atomic E-state index is -0.513. The summed E-state index contributed by atoms with van der Waals surface area (Å²) in [5, 5.41) is 3.67. The Morgan fingerprint density at radius 3 is 2.71 bits per heavy atom. The van der Waals surface area contributed by atoms with Crippen molar-refractivity contribution in [3.63, 3.8) is 0 Å². The standard InChI is InChI=1S/C17H21N3O4/c1-11(20-7-9-24-10-8-20)16(21)19-14-12-5-3-4-6-13(12)18-15(14)17(22)23-2/h3-6,11,18H,7-10H2,1-2H3,(H,19,21)/t11-/m0/s1. The molecule has 0 radical (unpaired) electrons. The van der Waals surface area contributed by atoms with Crippen LogP contribution in [0.3, 0.4) is 0 Å². The Bertz CT molecular complexity index is 749. The number of hydrogen-bond acceptors (Lipinski definition) is 5. The van der Waals surface area contributed by atoms with Gasteiger partial charge in [-0.15, -0.1) is 0 Å². The average molecular weight is 331 g/mol. The molecule has 0 bridgehead atoms. The predicted octanol–water partition coefficient (Wildman–Crippen LogP) is 1.61. The van der Waals surface area contributed by atoms with Gasteiger partial charge in [-0.25, -0.2) is 4.79 Å². The summed E-state index contributed by atoms with van der Waals surface area (Å²) in [6, 6.07) is 7.11. The van der Waals surface area contributed by atoms with E-state index < -0.39 is 5.97 Å². The number of fused-ring (bicyclic) bond motifs is 1. The normalized spacial score (nSPS) is 16.8. The fourth-order valence-corrected chi connectivity index (χ4v) is 2.89. The Morgan fingerprint density at radius 1 is 1.29 bits per heavy atom. The Balaban J connectivity index is 1.87. The number of methoxy groups -OCH3 is 1. The third kappa shape index (κ3) is 3.13. The van der Waals surface area contributed by atoms with E-state index in [1.807, 2.05) is 31.2 Å². The number of amides is 1. The van der Waals surface area contributed by atoms with Crippen LogP contribution >= 0.6 is 0 Å². The first-order chi connectivity index (χ1) is 11.6. The number of anilines is 1. The van der Waals surface area contributed by atoms with Crippen molar-refractivity contribution in [3.05, 3.63) is 30.0 Å². The molecule has 1 saturated heterocycles. The lowest BCUT2D eigenvalue weighted by molar-refractivity contribution is -0.122. The number of aromatic nitrogens is 1. The minimum Gasteiger partial charge on any atom is -0.464 e. The first kappa shape index (κ1) is 16.5. The molecular formula is C17H21N3O4. The molecule has 24 heavy (non-hydrogen) atoms. The molecule has 1 amide bonds. The summed E-state index contributed by atoms with van der Waals surface area (Å²) in [6.07, 6.45) is 0. The maximum atomic E-state index is 12.7. The zero-order chi connectivity index (χ0) is 17.1. The lowest BCUT2D eigenvalue weighted by atomic mass is 10.2. The maximum absolute atomic E-state index is 12.7. The zero-order valence-electron chi connectivity index (χ0n) is 13.8. The number of nitrogens with zero attached hydrogens (tertiary/aromatic N) is 1. The molecule has 2 N–H and O–H groups in total. The molecule has 0 saturated carbocycles. The highest BCUT2D eigenvalue weighted by Gasteiger charge is 2.26. The molecule has 1 aliphatic rings. The van der Waals surface area contributed by atoms with E-state index in [1.165, 1.54) is 7.11 Å². The van der Waals surface area contributed by atoms with Crippen molar-refractivity contribution < 1.29 is 19.1 Å². The fourth-order valence-electron chi connectivity index (χ4n) is 2.89. The summed E-state index contributed by atoms with van der Waals surface area (Å²) in [4.78, 5) is 29.8. The summed E-state index contributed by atoms with van der Waals surface area (Å²) in [7, 11) is 1.32. The second-order valence-corrected chi connectivity index (χ2v) is 5.73. The second-order valence-electron chi connectivity index (χ2n) is 5.73. The van der Waals surface area contributed by atoms with Crippen LogP contribution in [-0.2, 0) is 14.3 Å². The number of aromatic amines is 1. The van der Waals surface area contributed by atoms with Gasteiger partial charge in [0.25, 0.3) is 0 Å². The zero-order valence-corrected chi connectivity index (χ0v) is 13.8. The van der Waals surface area contributed by atoms with Crippen LogP contribution in [0.5, 0.6) is 0 Å². The molecule has 2 heterocycles. The molecule has 7 heteroatoms. The lowest BCUT2D eigenvalue weighted by Gasteiger charge is -2.31. The number of carbonyl (C=O) groups excluding carboxylic acids is 2. The van der Waals surface area contributed by atoms with E-state index in [1.54, 1.807) is 0 Å². The molecule has 0 aliphatic carbocycles. The van der Waals surface area contributed by atoms with E-state index >= 15 is 0 Å². The van der Waals surface area contributed by atoms with Crippen LogP contribution in [0.15, 0.2) is 24.3 Å². The van der Waals surface area contributed by atoms with E-state index in [9.17, 15) is 9.59 Å². The molecule has 1 atom stereocenters. The summed E-state index contributed by atoms with van der Waals surface area (Å²) >= 11 is 0. The SMILES string of the molecule is COC(=O)c1[nH]c2ccccc2c1NC(=O)[C@H](C)N1CCOCC1. The molecule has 2 aromatic rings. The summed E-state index contributed by atoms with van der Waals surface area (Å²) in [5.41, 5.74) is 1.48. The van der Waals surface area contributed by atoms with Gasteiger partial charge in [0.2, 0.25) is 5.91 Å². The van der Waals surface area contributed by atoms with Crippen molar-refractivity contribution in [2.24, 2.45) is 0 Å². The molecule has 0 unspecified atom stereocenters. The van der Waals surface area contributed by atoms with E-state index in [2.05, 4.69) is 15.2 Å². The number of para-hydroxylation sites is 1. The Kier molecular flexibility index (Phi) is 4.82. The second kappa shape index (κ2) is 7.02. The fraction of sp³-hybridized carbons (Fsp3) is 0.412. The van der Waals surface area contributed by atoms with Crippen LogP contribution in [-0.4, -0.2) is 61.2 Å². The van der Waals surface area contributed by atoms with E-state index in [-0.39, 0.29) is 17.6 Å². The van der Waals surface area contributed by atoms with E-state index in [0.717, 1.165) is 10.9 Å². The maximum Gasteiger partial charge on any atom is 0.356 e. The molecule has 1 fully saturated rings. The summed E-state index contributed by atoms with van der Waals surface area (Å²) in [6.45, 7) is 4.53. The van der Waals surface area contributed by atoms with Crippen LogP contribution in [0.1, 0.15) is 17.4 Å². The molecule has 7 nitrogen and oxygen atoms in total. The molecule has 0 spiro atoms. The topological polar surface area (TPSA) is 83.7 Å². The van der Waals surface area contributed by atoms with Gasteiger partial charge in [-0.05, 0) is 13.0 Å². The first-order valence-electron chi connectivity index (χ1n) is 7.93. The third-order valence-electron chi connectivity index (χ3n) is 4.32. The highest BCUT2D eigenvalue weighted by atomic mass is 16.5. The number of benzene rings is 1. The van der Waals surface area contributed by atoms with Gasteiger partial charge in [-0.1, -0.05) is 18.2 Å². The summed E-state index contributed by atoms with van der Waals surface area (Å²) < 4.78 is 10.1. The number of ether oxygens (including phenoxy) is 2. The van der Waals surface area contributed by atoms with Crippen LogP contribution < -0.4 is 5.32 Å². The van der Waals surface area contributed by atoms with Gasteiger partial charge in [0.05, 0.1) is 32.1 Å². The molecular weight excluding hydrogens is 310 g/mol. The molecule has 128 valence electrons. The van der Waals surface area contributed by atoms with Gasteiger partial charge >= 0.3 is 5.97 Å². The van der Waals surface area contributed by atoms with Crippen molar-refractivity contribution >= 4 is 28.5 Å².